The van der Waals surface area contributed by atoms with Gasteiger partial charge in [-0.2, -0.15) is 5.26 Å². The molecular weight excluding hydrogens is 254 g/mol. The van der Waals surface area contributed by atoms with E-state index in [1.165, 1.54) is 4.70 Å². The largest absolute Gasteiger partial charge is 0.383 e. The Bertz CT molecular complexity index is 719. The lowest BCUT2D eigenvalue weighted by Gasteiger charge is -2.08. The van der Waals surface area contributed by atoms with Crippen LogP contribution in [0.4, 0.5) is 0 Å². The monoisotopic (exact) mass is 265 g/mol. The van der Waals surface area contributed by atoms with E-state index >= 15 is 0 Å². The lowest BCUT2D eigenvalue weighted by molar-refractivity contribution is 0.224. The minimum atomic E-state index is -0.634. The Kier molecular flexibility index (Phi) is 3.04. The van der Waals surface area contributed by atoms with E-state index in [0.29, 0.717) is 5.56 Å². The summed E-state index contributed by atoms with van der Waals surface area (Å²) in [7, 11) is 0. The van der Waals surface area contributed by atoms with Crippen molar-refractivity contribution in [3.05, 3.63) is 70.6 Å². The van der Waals surface area contributed by atoms with Gasteiger partial charge in [-0.3, -0.25) is 0 Å². The highest BCUT2D eigenvalue weighted by molar-refractivity contribution is 7.19. The molecule has 0 aliphatic rings. The van der Waals surface area contributed by atoms with Gasteiger partial charge in [-0.05, 0) is 35.2 Å². The van der Waals surface area contributed by atoms with Crippen LogP contribution in [0.15, 0.2) is 54.6 Å². The molecule has 1 N–H and O–H groups in total. The van der Waals surface area contributed by atoms with Crippen LogP contribution in [0.5, 0.6) is 0 Å². The summed E-state index contributed by atoms with van der Waals surface area (Å²) < 4.78 is 1.17. The van der Waals surface area contributed by atoms with E-state index in [4.69, 9.17) is 5.26 Å². The quantitative estimate of drug-likeness (QED) is 0.764. The highest BCUT2D eigenvalue weighted by atomic mass is 32.1. The van der Waals surface area contributed by atoms with Crippen LogP contribution in [0.3, 0.4) is 0 Å². The molecule has 1 heterocycles. The average Bonchev–Trinajstić information content (AvgIpc) is 2.90. The van der Waals surface area contributed by atoms with E-state index in [-0.39, 0.29) is 0 Å². The number of thiophene rings is 1. The van der Waals surface area contributed by atoms with Crippen LogP contribution < -0.4 is 0 Å². The third-order valence-electron chi connectivity index (χ3n) is 3.07. The molecule has 0 aliphatic heterocycles. The maximum atomic E-state index is 10.4. The molecule has 0 aliphatic carbocycles. The van der Waals surface area contributed by atoms with Gasteiger partial charge in [0, 0.05) is 9.58 Å². The summed E-state index contributed by atoms with van der Waals surface area (Å²) in [5, 5.41) is 20.3. The molecule has 0 saturated carbocycles. The SMILES string of the molecule is N#Cc1ccc(C(O)c2cc3ccccc3s2)cc1. The molecule has 0 fully saturated rings. The molecule has 3 rings (SSSR count). The van der Waals surface area contributed by atoms with Crippen LogP contribution in [0, 0.1) is 11.3 Å². The standard InChI is InChI=1S/C16H11NOS/c17-10-11-5-7-12(8-6-11)16(18)15-9-13-3-1-2-4-14(13)19-15/h1-9,16,18H. The first-order valence-corrected chi connectivity index (χ1v) is 6.76. The summed E-state index contributed by atoms with van der Waals surface area (Å²) in [5.41, 5.74) is 1.41. The molecule has 1 atom stereocenters. The first-order chi connectivity index (χ1) is 9.28. The average molecular weight is 265 g/mol. The topological polar surface area (TPSA) is 44.0 Å². The van der Waals surface area contributed by atoms with Gasteiger partial charge in [-0.25, -0.2) is 0 Å². The maximum Gasteiger partial charge on any atom is 0.113 e. The van der Waals surface area contributed by atoms with Crippen molar-refractivity contribution in [2.45, 2.75) is 6.10 Å². The summed E-state index contributed by atoms with van der Waals surface area (Å²) >= 11 is 1.60. The van der Waals surface area contributed by atoms with Crippen molar-refractivity contribution in [3.63, 3.8) is 0 Å². The Morgan fingerprint density at radius 2 is 1.79 bits per heavy atom. The lowest BCUT2D eigenvalue weighted by atomic mass is 10.1. The van der Waals surface area contributed by atoms with Gasteiger partial charge in [0.25, 0.3) is 0 Å². The van der Waals surface area contributed by atoms with E-state index in [2.05, 4.69) is 12.1 Å². The van der Waals surface area contributed by atoms with E-state index in [0.717, 1.165) is 15.8 Å². The number of aliphatic hydroxyl groups excluding tert-OH is 1. The van der Waals surface area contributed by atoms with Gasteiger partial charge in [0.2, 0.25) is 0 Å². The molecule has 0 amide bonds. The Hall–Kier alpha value is -2.15. The van der Waals surface area contributed by atoms with Crippen molar-refractivity contribution in [2.75, 3.05) is 0 Å². The van der Waals surface area contributed by atoms with Gasteiger partial charge in [0.1, 0.15) is 6.10 Å². The van der Waals surface area contributed by atoms with Crippen molar-refractivity contribution in [3.8, 4) is 6.07 Å². The zero-order valence-electron chi connectivity index (χ0n) is 10.1. The Morgan fingerprint density at radius 3 is 2.47 bits per heavy atom. The zero-order valence-corrected chi connectivity index (χ0v) is 10.9. The van der Waals surface area contributed by atoms with Crippen LogP contribution >= 0.6 is 11.3 Å². The second kappa shape index (κ2) is 4.85. The molecule has 2 aromatic carbocycles. The minimum Gasteiger partial charge on any atom is -0.383 e. The van der Waals surface area contributed by atoms with Gasteiger partial charge in [-0.15, -0.1) is 11.3 Å². The third-order valence-corrected chi connectivity index (χ3v) is 4.24. The summed E-state index contributed by atoms with van der Waals surface area (Å²) in [4.78, 5) is 0.922. The molecular formula is C16H11NOS. The highest BCUT2D eigenvalue weighted by Gasteiger charge is 2.13. The molecule has 0 radical (unpaired) electrons. The number of fused-ring (bicyclic) bond motifs is 1. The number of nitrogens with zero attached hydrogens (tertiary/aromatic N) is 1. The van der Waals surface area contributed by atoms with Crippen molar-refractivity contribution in [1.29, 1.82) is 5.26 Å². The molecule has 1 aromatic heterocycles. The third kappa shape index (κ3) is 2.24. The fraction of sp³-hybridized carbons (Fsp3) is 0.0625. The summed E-state index contributed by atoms with van der Waals surface area (Å²) in [6.45, 7) is 0. The first kappa shape index (κ1) is 11.9. The zero-order chi connectivity index (χ0) is 13.2. The molecule has 0 bridgehead atoms. The van der Waals surface area contributed by atoms with Crippen molar-refractivity contribution >= 4 is 21.4 Å². The van der Waals surface area contributed by atoms with Crippen molar-refractivity contribution < 1.29 is 5.11 Å². The number of hydrogen-bond acceptors (Lipinski definition) is 3. The van der Waals surface area contributed by atoms with Crippen LogP contribution in [-0.2, 0) is 0 Å². The minimum absolute atomic E-state index is 0.604. The molecule has 1 unspecified atom stereocenters. The van der Waals surface area contributed by atoms with Gasteiger partial charge in [0.05, 0.1) is 11.6 Å². The number of hydrogen-bond donors (Lipinski definition) is 1. The fourth-order valence-corrected chi connectivity index (χ4v) is 3.12. The molecule has 3 heteroatoms. The van der Waals surface area contributed by atoms with Gasteiger partial charge >= 0.3 is 0 Å². The molecule has 2 nitrogen and oxygen atoms in total. The van der Waals surface area contributed by atoms with E-state index in [1.807, 2.05) is 24.3 Å². The number of nitriles is 1. The van der Waals surface area contributed by atoms with E-state index in [1.54, 1.807) is 35.6 Å². The summed E-state index contributed by atoms with van der Waals surface area (Å²) in [6.07, 6.45) is -0.634. The van der Waals surface area contributed by atoms with Crippen molar-refractivity contribution in [2.24, 2.45) is 0 Å². The van der Waals surface area contributed by atoms with Crippen LogP contribution in [0.1, 0.15) is 22.1 Å². The Balaban J connectivity index is 1.98. The molecule has 19 heavy (non-hydrogen) atoms. The highest BCUT2D eigenvalue weighted by Crippen LogP contribution is 2.32. The number of benzene rings is 2. The van der Waals surface area contributed by atoms with Gasteiger partial charge in [-0.1, -0.05) is 30.3 Å². The van der Waals surface area contributed by atoms with E-state index < -0.39 is 6.10 Å². The molecule has 3 aromatic rings. The maximum absolute atomic E-state index is 10.4. The predicted octanol–water partition coefficient (Wildman–Crippen LogP) is 3.85. The van der Waals surface area contributed by atoms with Gasteiger partial charge < -0.3 is 5.11 Å². The predicted molar refractivity (Wildman–Crippen MR) is 77.0 cm³/mol. The van der Waals surface area contributed by atoms with E-state index in [9.17, 15) is 5.11 Å². The Morgan fingerprint density at radius 1 is 1.05 bits per heavy atom. The second-order valence-electron chi connectivity index (χ2n) is 4.32. The van der Waals surface area contributed by atoms with Crippen molar-refractivity contribution in [1.82, 2.24) is 0 Å². The molecule has 0 spiro atoms. The molecule has 0 saturated heterocycles. The second-order valence-corrected chi connectivity index (χ2v) is 5.44. The first-order valence-electron chi connectivity index (χ1n) is 5.94. The van der Waals surface area contributed by atoms with Gasteiger partial charge in [0.15, 0.2) is 0 Å². The molecule has 92 valence electrons. The number of aliphatic hydroxyl groups is 1. The smallest absolute Gasteiger partial charge is 0.113 e. The Labute approximate surface area is 115 Å². The van der Waals surface area contributed by atoms with Crippen LogP contribution in [0.2, 0.25) is 0 Å². The lowest BCUT2D eigenvalue weighted by Crippen LogP contribution is -1.96. The van der Waals surface area contributed by atoms with Crippen LogP contribution in [-0.4, -0.2) is 5.11 Å². The number of rotatable bonds is 2. The summed E-state index contributed by atoms with van der Waals surface area (Å²) in [6, 6.07) is 19.2. The summed E-state index contributed by atoms with van der Waals surface area (Å²) in [5.74, 6) is 0. The normalized spacial score (nSPS) is 12.2. The fourth-order valence-electron chi connectivity index (χ4n) is 2.04. The van der Waals surface area contributed by atoms with Crippen LogP contribution in [0.25, 0.3) is 10.1 Å².